The molecule has 17 heavy (non-hydrogen) atoms. The maximum atomic E-state index is 12.0. The van der Waals surface area contributed by atoms with Crippen LogP contribution in [-0.4, -0.2) is 17.5 Å². The van der Waals surface area contributed by atoms with Crippen LogP contribution in [0, 0.1) is 0 Å². The molecule has 84 valence electrons. The summed E-state index contributed by atoms with van der Waals surface area (Å²) >= 11 is 0. The first-order valence-corrected chi connectivity index (χ1v) is 5.17. The SMILES string of the molecule is COc1cn2c(cc1=O)C(=O)c1ccccc1-2. The Morgan fingerprint density at radius 2 is 1.94 bits per heavy atom. The number of pyridine rings is 1. The lowest BCUT2D eigenvalue weighted by atomic mass is 10.1. The smallest absolute Gasteiger partial charge is 0.224 e. The van der Waals surface area contributed by atoms with Crippen molar-refractivity contribution in [2.45, 2.75) is 0 Å². The highest BCUT2D eigenvalue weighted by molar-refractivity contribution is 6.13. The van der Waals surface area contributed by atoms with Crippen LogP contribution in [0.4, 0.5) is 0 Å². The van der Waals surface area contributed by atoms with E-state index < -0.39 is 0 Å². The lowest BCUT2D eigenvalue weighted by Crippen LogP contribution is -2.11. The first-order valence-electron chi connectivity index (χ1n) is 5.17. The summed E-state index contributed by atoms with van der Waals surface area (Å²) in [6.07, 6.45) is 1.56. The summed E-state index contributed by atoms with van der Waals surface area (Å²) < 4.78 is 6.67. The van der Waals surface area contributed by atoms with Crippen LogP contribution in [-0.2, 0) is 0 Å². The third-order valence-electron chi connectivity index (χ3n) is 2.88. The Bertz CT molecular complexity index is 685. The number of para-hydroxylation sites is 1. The van der Waals surface area contributed by atoms with Gasteiger partial charge in [0.25, 0.3) is 0 Å². The largest absolute Gasteiger partial charge is 0.491 e. The molecule has 0 atom stereocenters. The summed E-state index contributed by atoms with van der Waals surface area (Å²) in [6.45, 7) is 0. The Kier molecular flexibility index (Phi) is 1.92. The van der Waals surface area contributed by atoms with Gasteiger partial charge in [-0.3, -0.25) is 9.59 Å². The van der Waals surface area contributed by atoms with Gasteiger partial charge in [-0.2, -0.15) is 0 Å². The predicted molar refractivity (Wildman–Crippen MR) is 62.0 cm³/mol. The summed E-state index contributed by atoms with van der Waals surface area (Å²) in [7, 11) is 1.44. The second-order valence-corrected chi connectivity index (χ2v) is 3.81. The van der Waals surface area contributed by atoms with E-state index in [1.807, 2.05) is 12.1 Å². The van der Waals surface area contributed by atoms with Gasteiger partial charge in [0, 0.05) is 11.6 Å². The topological polar surface area (TPSA) is 48.3 Å². The molecule has 0 amide bonds. The molecule has 1 aromatic heterocycles. The number of aromatic nitrogens is 1. The maximum absolute atomic E-state index is 12.0. The van der Waals surface area contributed by atoms with Gasteiger partial charge in [0.05, 0.1) is 24.7 Å². The number of carbonyl (C=O) groups excluding carboxylic acids is 1. The fourth-order valence-corrected chi connectivity index (χ4v) is 2.06. The van der Waals surface area contributed by atoms with Gasteiger partial charge in [-0.15, -0.1) is 0 Å². The third-order valence-corrected chi connectivity index (χ3v) is 2.88. The molecule has 0 saturated heterocycles. The van der Waals surface area contributed by atoms with E-state index in [0.717, 1.165) is 5.69 Å². The molecule has 3 rings (SSSR count). The van der Waals surface area contributed by atoms with E-state index in [1.165, 1.54) is 13.2 Å². The third kappa shape index (κ3) is 1.24. The number of methoxy groups -OCH3 is 1. The summed E-state index contributed by atoms with van der Waals surface area (Å²) in [5.74, 6) is 0.110. The van der Waals surface area contributed by atoms with Gasteiger partial charge in [0.2, 0.25) is 11.2 Å². The van der Waals surface area contributed by atoms with Crippen LogP contribution >= 0.6 is 0 Å². The maximum Gasteiger partial charge on any atom is 0.224 e. The number of carbonyl (C=O) groups is 1. The molecule has 0 spiro atoms. The number of ether oxygens (including phenoxy) is 1. The van der Waals surface area contributed by atoms with Crippen LogP contribution in [0.25, 0.3) is 5.69 Å². The zero-order valence-electron chi connectivity index (χ0n) is 9.14. The van der Waals surface area contributed by atoms with Gasteiger partial charge >= 0.3 is 0 Å². The van der Waals surface area contributed by atoms with Crippen molar-refractivity contribution in [1.29, 1.82) is 0 Å². The molecular weight excluding hydrogens is 218 g/mol. The van der Waals surface area contributed by atoms with Crippen LogP contribution in [0.3, 0.4) is 0 Å². The zero-order valence-corrected chi connectivity index (χ0v) is 9.14. The van der Waals surface area contributed by atoms with E-state index in [-0.39, 0.29) is 17.0 Å². The highest BCUT2D eigenvalue weighted by Crippen LogP contribution is 2.27. The van der Waals surface area contributed by atoms with E-state index >= 15 is 0 Å². The molecular formula is C13H9NO3. The van der Waals surface area contributed by atoms with Crippen LogP contribution in [0.1, 0.15) is 16.1 Å². The van der Waals surface area contributed by atoms with Crippen LogP contribution in [0.15, 0.2) is 41.3 Å². The molecule has 0 radical (unpaired) electrons. The molecule has 1 aliphatic heterocycles. The highest BCUT2D eigenvalue weighted by Gasteiger charge is 2.26. The van der Waals surface area contributed by atoms with E-state index in [0.29, 0.717) is 11.3 Å². The van der Waals surface area contributed by atoms with E-state index in [9.17, 15) is 9.59 Å². The van der Waals surface area contributed by atoms with Gasteiger partial charge in [0.15, 0.2) is 5.75 Å². The van der Waals surface area contributed by atoms with Crippen LogP contribution in [0.2, 0.25) is 0 Å². The molecule has 0 saturated carbocycles. The quantitative estimate of drug-likeness (QED) is 0.631. The molecule has 0 unspecified atom stereocenters. The van der Waals surface area contributed by atoms with Crippen molar-refractivity contribution in [2.24, 2.45) is 0 Å². The monoisotopic (exact) mass is 227 g/mol. The minimum absolute atomic E-state index is 0.125. The second-order valence-electron chi connectivity index (χ2n) is 3.81. The molecule has 4 heteroatoms. The van der Waals surface area contributed by atoms with Crippen LogP contribution in [0.5, 0.6) is 5.75 Å². The lowest BCUT2D eigenvalue weighted by molar-refractivity contribution is 0.103. The van der Waals surface area contributed by atoms with Crippen molar-refractivity contribution in [1.82, 2.24) is 4.57 Å². The van der Waals surface area contributed by atoms with Crippen molar-refractivity contribution in [3.8, 4) is 11.4 Å². The van der Waals surface area contributed by atoms with Gasteiger partial charge in [-0.05, 0) is 12.1 Å². The highest BCUT2D eigenvalue weighted by atomic mass is 16.5. The van der Waals surface area contributed by atoms with Gasteiger partial charge in [0.1, 0.15) is 0 Å². The van der Waals surface area contributed by atoms with E-state index in [2.05, 4.69) is 0 Å². The molecule has 0 bridgehead atoms. The Labute approximate surface area is 97.1 Å². The van der Waals surface area contributed by atoms with Gasteiger partial charge in [-0.25, -0.2) is 0 Å². The summed E-state index contributed by atoms with van der Waals surface area (Å²) in [6, 6.07) is 8.57. The van der Waals surface area contributed by atoms with E-state index in [1.54, 1.807) is 22.9 Å². The van der Waals surface area contributed by atoms with Gasteiger partial charge < -0.3 is 9.30 Å². The second kappa shape index (κ2) is 3.31. The number of nitrogens with zero attached hydrogens (tertiary/aromatic N) is 1. The van der Waals surface area contributed by atoms with E-state index in [4.69, 9.17) is 4.74 Å². The first kappa shape index (κ1) is 9.84. The Balaban J connectivity index is 2.37. The number of hydrogen-bond donors (Lipinski definition) is 0. The Morgan fingerprint density at radius 3 is 2.71 bits per heavy atom. The lowest BCUT2D eigenvalue weighted by Gasteiger charge is -2.06. The number of fused-ring (bicyclic) bond motifs is 3. The summed E-state index contributed by atoms with van der Waals surface area (Å²) in [5, 5.41) is 0. The first-order chi connectivity index (χ1) is 8.22. The number of ketones is 1. The fraction of sp³-hybridized carbons (Fsp3) is 0.0769. The van der Waals surface area contributed by atoms with Crippen molar-refractivity contribution in [3.05, 3.63) is 58.0 Å². The molecule has 1 aromatic carbocycles. The molecule has 2 aromatic rings. The Morgan fingerprint density at radius 1 is 1.18 bits per heavy atom. The minimum Gasteiger partial charge on any atom is -0.491 e. The van der Waals surface area contributed by atoms with Crippen LogP contribution < -0.4 is 10.2 Å². The average Bonchev–Trinajstić information content (AvgIpc) is 2.63. The molecule has 0 N–H and O–H groups in total. The molecule has 2 heterocycles. The van der Waals surface area contributed by atoms with Crippen molar-refractivity contribution in [3.63, 3.8) is 0 Å². The predicted octanol–water partition coefficient (Wildman–Crippen LogP) is 1.39. The van der Waals surface area contributed by atoms with Crippen molar-refractivity contribution >= 4 is 5.78 Å². The van der Waals surface area contributed by atoms with Crippen molar-refractivity contribution in [2.75, 3.05) is 7.11 Å². The number of hydrogen-bond acceptors (Lipinski definition) is 3. The summed E-state index contributed by atoms with van der Waals surface area (Å²) in [5.41, 5.74) is 1.50. The molecule has 4 nitrogen and oxygen atoms in total. The number of benzene rings is 1. The summed E-state index contributed by atoms with van der Waals surface area (Å²) in [4.78, 5) is 23.7. The average molecular weight is 227 g/mol. The molecule has 0 fully saturated rings. The Hall–Kier alpha value is -2.36. The fourth-order valence-electron chi connectivity index (χ4n) is 2.06. The normalized spacial score (nSPS) is 12.2. The zero-order chi connectivity index (χ0) is 12.0. The molecule has 1 aliphatic rings. The standard InChI is InChI=1S/C13H9NO3/c1-17-12-7-14-9-5-3-2-4-8(9)13(16)10(14)6-11(12)15/h2-7H,1H3. The van der Waals surface area contributed by atoms with Crippen molar-refractivity contribution < 1.29 is 9.53 Å². The van der Waals surface area contributed by atoms with Gasteiger partial charge in [-0.1, -0.05) is 12.1 Å². The molecule has 0 aliphatic carbocycles. The minimum atomic E-state index is -0.278. The number of rotatable bonds is 1.